The Morgan fingerprint density at radius 3 is 2.89 bits per heavy atom. The van der Waals surface area contributed by atoms with E-state index in [0.717, 1.165) is 18.4 Å². The van der Waals surface area contributed by atoms with Crippen LogP contribution in [0.4, 0.5) is 4.39 Å². The minimum absolute atomic E-state index is 0.212. The number of benzene rings is 1. The number of hydrogen-bond donors (Lipinski definition) is 0. The molecule has 0 unspecified atom stereocenters. The standard InChI is InChI=1S/C15H13ClFNO/c16-14-4-3-13(17)7-12(14)9-18-6-5-11(8-18)15(19)10-1-2-10/h3-8,10H,1-2,9H2. The van der Waals surface area contributed by atoms with Gasteiger partial charge in [-0.1, -0.05) is 11.6 Å². The fourth-order valence-electron chi connectivity index (χ4n) is 2.13. The highest BCUT2D eigenvalue weighted by Gasteiger charge is 2.30. The lowest BCUT2D eigenvalue weighted by Gasteiger charge is -2.05. The Bertz CT molecular complexity index is 631. The predicted molar refractivity (Wildman–Crippen MR) is 72.0 cm³/mol. The van der Waals surface area contributed by atoms with Crippen LogP contribution in [0.5, 0.6) is 0 Å². The third-order valence-corrected chi connectivity index (χ3v) is 3.71. The minimum Gasteiger partial charge on any atom is -0.349 e. The van der Waals surface area contributed by atoms with E-state index >= 15 is 0 Å². The molecule has 4 heteroatoms. The highest BCUT2D eigenvalue weighted by molar-refractivity contribution is 6.31. The minimum atomic E-state index is -0.305. The van der Waals surface area contributed by atoms with Gasteiger partial charge in [0.25, 0.3) is 0 Å². The van der Waals surface area contributed by atoms with Gasteiger partial charge < -0.3 is 4.57 Å². The number of ketones is 1. The van der Waals surface area contributed by atoms with Crippen LogP contribution in [0.3, 0.4) is 0 Å². The molecular formula is C15H13ClFNO. The molecule has 0 saturated heterocycles. The lowest BCUT2D eigenvalue weighted by atomic mass is 10.1. The largest absolute Gasteiger partial charge is 0.349 e. The Morgan fingerprint density at radius 2 is 2.16 bits per heavy atom. The summed E-state index contributed by atoms with van der Waals surface area (Å²) in [6.07, 6.45) is 5.64. The number of rotatable bonds is 4. The SMILES string of the molecule is O=C(c1ccn(Cc2cc(F)ccc2Cl)c1)C1CC1. The third-order valence-electron chi connectivity index (χ3n) is 3.34. The number of carbonyl (C=O) groups excluding carboxylic acids is 1. The molecular weight excluding hydrogens is 265 g/mol. The molecule has 19 heavy (non-hydrogen) atoms. The first-order valence-electron chi connectivity index (χ1n) is 6.27. The van der Waals surface area contributed by atoms with Crippen LogP contribution in [0.25, 0.3) is 0 Å². The molecule has 0 amide bonds. The van der Waals surface area contributed by atoms with E-state index in [9.17, 15) is 9.18 Å². The normalized spacial score (nSPS) is 14.6. The van der Waals surface area contributed by atoms with Crippen LogP contribution in [0.2, 0.25) is 5.02 Å². The molecule has 3 rings (SSSR count). The highest BCUT2D eigenvalue weighted by Crippen LogP contribution is 2.32. The first-order valence-corrected chi connectivity index (χ1v) is 6.65. The monoisotopic (exact) mass is 277 g/mol. The van der Waals surface area contributed by atoms with E-state index in [1.54, 1.807) is 6.07 Å². The molecule has 0 radical (unpaired) electrons. The molecule has 1 saturated carbocycles. The highest BCUT2D eigenvalue weighted by atomic mass is 35.5. The van der Waals surface area contributed by atoms with Crippen LogP contribution in [-0.2, 0) is 6.54 Å². The first-order chi connectivity index (χ1) is 9.13. The van der Waals surface area contributed by atoms with Gasteiger partial charge in [0, 0.05) is 35.4 Å². The summed E-state index contributed by atoms with van der Waals surface area (Å²) in [5.41, 5.74) is 1.44. The van der Waals surface area contributed by atoms with Gasteiger partial charge in [-0.15, -0.1) is 0 Å². The Labute approximate surface area is 115 Å². The van der Waals surface area contributed by atoms with E-state index in [1.807, 2.05) is 23.0 Å². The summed E-state index contributed by atoms with van der Waals surface area (Å²) in [4.78, 5) is 11.9. The van der Waals surface area contributed by atoms with Gasteiger partial charge in [0.05, 0.1) is 0 Å². The lowest BCUT2D eigenvalue weighted by molar-refractivity contribution is 0.0967. The maximum atomic E-state index is 13.2. The zero-order valence-corrected chi connectivity index (χ0v) is 11.0. The molecule has 1 aliphatic rings. The van der Waals surface area contributed by atoms with Crippen LogP contribution in [0.15, 0.2) is 36.7 Å². The van der Waals surface area contributed by atoms with Crippen molar-refractivity contribution in [1.82, 2.24) is 4.57 Å². The average molecular weight is 278 g/mol. The second-order valence-corrected chi connectivity index (χ2v) is 5.35. The number of nitrogens with zero attached hydrogens (tertiary/aromatic N) is 1. The molecule has 1 aliphatic carbocycles. The molecule has 0 atom stereocenters. The molecule has 0 aliphatic heterocycles. The van der Waals surface area contributed by atoms with Crippen molar-refractivity contribution >= 4 is 17.4 Å². The molecule has 1 heterocycles. The van der Waals surface area contributed by atoms with Gasteiger partial charge in [-0.25, -0.2) is 4.39 Å². The molecule has 2 aromatic rings. The van der Waals surface area contributed by atoms with Gasteiger partial charge in [-0.2, -0.15) is 0 Å². The van der Waals surface area contributed by atoms with Gasteiger partial charge >= 0.3 is 0 Å². The first kappa shape index (κ1) is 12.4. The predicted octanol–water partition coefficient (Wildman–Crippen LogP) is 3.92. The quantitative estimate of drug-likeness (QED) is 0.777. The van der Waals surface area contributed by atoms with Crippen molar-refractivity contribution < 1.29 is 9.18 Å². The fraction of sp³-hybridized carbons (Fsp3) is 0.267. The zero-order chi connectivity index (χ0) is 13.4. The summed E-state index contributed by atoms with van der Waals surface area (Å²) in [6, 6.07) is 6.12. The smallest absolute Gasteiger partial charge is 0.167 e. The molecule has 2 nitrogen and oxygen atoms in total. The van der Waals surface area contributed by atoms with E-state index in [4.69, 9.17) is 11.6 Å². The lowest BCUT2D eigenvalue weighted by Crippen LogP contribution is -2.01. The van der Waals surface area contributed by atoms with Crippen LogP contribution in [0.1, 0.15) is 28.8 Å². The van der Waals surface area contributed by atoms with E-state index in [2.05, 4.69) is 0 Å². The summed E-state index contributed by atoms with van der Waals surface area (Å²) < 4.78 is 15.0. The van der Waals surface area contributed by atoms with Crippen molar-refractivity contribution in [2.45, 2.75) is 19.4 Å². The molecule has 1 aromatic carbocycles. The molecule has 0 spiro atoms. The number of hydrogen-bond acceptors (Lipinski definition) is 1. The number of aromatic nitrogens is 1. The second kappa shape index (κ2) is 4.82. The second-order valence-electron chi connectivity index (χ2n) is 4.95. The van der Waals surface area contributed by atoms with Gasteiger partial charge in [0.1, 0.15) is 5.82 Å². The maximum absolute atomic E-state index is 13.2. The van der Waals surface area contributed by atoms with Crippen molar-refractivity contribution in [3.05, 3.63) is 58.6 Å². The van der Waals surface area contributed by atoms with Crippen molar-refractivity contribution in [2.75, 3.05) is 0 Å². The van der Waals surface area contributed by atoms with E-state index in [0.29, 0.717) is 17.1 Å². The van der Waals surface area contributed by atoms with Crippen molar-refractivity contribution in [3.8, 4) is 0 Å². The van der Waals surface area contributed by atoms with Crippen LogP contribution < -0.4 is 0 Å². The topological polar surface area (TPSA) is 22.0 Å². The van der Waals surface area contributed by atoms with Crippen LogP contribution in [-0.4, -0.2) is 10.4 Å². The third kappa shape index (κ3) is 2.71. The average Bonchev–Trinajstić information content (AvgIpc) is 3.13. The van der Waals surface area contributed by atoms with Gasteiger partial charge in [0.15, 0.2) is 5.78 Å². The Balaban J connectivity index is 1.79. The van der Waals surface area contributed by atoms with Gasteiger partial charge in [0.2, 0.25) is 0 Å². The van der Waals surface area contributed by atoms with Crippen molar-refractivity contribution in [3.63, 3.8) is 0 Å². The Kier molecular flexibility index (Phi) is 3.15. The van der Waals surface area contributed by atoms with Gasteiger partial charge in [-0.05, 0) is 42.7 Å². The van der Waals surface area contributed by atoms with Crippen molar-refractivity contribution in [2.24, 2.45) is 5.92 Å². The summed E-state index contributed by atoms with van der Waals surface area (Å²) in [5.74, 6) is 0.124. The van der Waals surface area contributed by atoms with Crippen molar-refractivity contribution in [1.29, 1.82) is 0 Å². The Morgan fingerprint density at radius 1 is 1.37 bits per heavy atom. The van der Waals surface area contributed by atoms with E-state index in [1.165, 1.54) is 12.1 Å². The molecule has 98 valence electrons. The molecule has 1 fully saturated rings. The summed E-state index contributed by atoms with van der Waals surface area (Å²) >= 11 is 6.03. The van der Waals surface area contributed by atoms with Crippen LogP contribution >= 0.6 is 11.6 Å². The molecule has 0 N–H and O–H groups in total. The van der Waals surface area contributed by atoms with Gasteiger partial charge in [-0.3, -0.25) is 4.79 Å². The number of Topliss-reactive ketones (excluding diaryl/α,β-unsaturated/α-hetero) is 1. The summed E-state index contributed by atoms with van der Waals surface area (Å²) in [6.45, 7) is 0.467. The zero-order valence-electron chi connectivity index (χ0n) is 10.3. The maximum Gasteiger partial charge on any atom is 0.167 e. The fourth-order valence-corrected chi connectivity index (χ4v) is 2.30. The number of halogens is 2. The summed E-state index contributed by atoms with van der Waals surface area (Å²) in [7, 11) is 0. The molecule has 1 aromatic heterocycles. The molecule has 0 bridgehead atoms. The van der Waals surface area contributed by atoms with E-state index < -0.39 is 0 Å². The summed E-state index contributed by atoms with van der Waals surface area (Å²) in [5, 5.41) is 0.533. The Hall–Kier alpha value is -1.61. The van der Waals surface area contributed by atoms with Crippen LogP contribution in [0, 0.1) is 11.7 Å². The van der Waals surface area contributed by atoms with E-state index in [-0.39, 0.29) is 17.5 Å². The number of carbonyl (C=O) groups is 1.